The number of amides is 2. The van der Waals surface area contributed by atoms with Crippen LogP contribution in [0.15, 0.2) is 60.3 Å². The Morgan fingerprint density at radius 1 is 1.15 bits per heavy atom. The van der Waals surface area contributed by atoms with E-state index >= 15 is 0 Å². The van der Waals surface area contributed by atoms with Crippen molar-refractivity contribution in [2.75, 3.05) is 16.4 Å². The molecule has 3 aromatic rings. The van der Waals surface area contributed by atoms with Gasteiger partial charge < -0.3 is 15.2 Å². The first-order valence-electron chi connectivity index (χ1n) is 10.5. The van der Waals surface area contributed by atoms with Crippen LogP contribution in [0.2, 0.25) is 5.02 Å². The third-order valence-corrected chi connectivity index (χ3v) is 6.26. The SMILES string of the molecule is C=CCn1c(CC(=O)Nc2ccc(C)c(Cl)c2)nnc1SCC(=O)Nc1ccccc1CC. The highest BCUT2D eigenvalue weighted by Gasteiger charge is 2.17. The van der Waals surface area contributed by atoms with Crippen LogP contribution in [0, 0.1) is 6.92 Å². The van der Waals surface area contributed by atoms with Crippen LogP contribution in [-0.2, 0) is 29.0 Å². The number of para-hydroxylation sites is 1. The molecule has 0 aliphatic heterocycles. The number of allylic oxidation sites excluding steroid dienone is 1. The molecule has 1 aromatic heterocycles. The molecule has 0 bridgehead atoms. The summed E-state index contributed by atoms with van der Waals surface area (Å²) in [6, 6.07) is 13.1. The van der Waals surface area contributed by atoms with Crippen molar-refractivity contribution in [3.05, 3.63) is 77.1 Å². The number of nitrogens with one attached hydrogen (secondary N) is 2. The summed E-state index contributed by atoms with van der Waals surface area (Å²) in [5.74, 6) is 0.286. The smallest absolute Gasteiger partial charge is 0.234 e. The second kappa shape index (κ2) is 11.7. The lowest BCUT2D eigenvalue weighted by atomic mass is 10.1. The molecule has 2 N–H and O–H groups in total. The van der Waals surface area contributed by atoms with E-state index in [1.165, 1.54) is 11.8 Å². The summed E-state index contributed by atoms with van der Waals surface area (Å²) in [4.78, 5) is 25.0. The normalized spacial score (nSPS) is 10.6. The molecule has 2 aromatic carbocycles. The average molecular weight is 484 g/mol. The maximum atomic E-state index is 12.5. The molecule has 0 fully saturated rings. The number of carbonyl (C=O) groups excluding carboxylic acids is 2. The Morgan fingerprint density at radius 3 is 2.67 bits per heavy atom. The lowest BCUT2D eigenvalue weighted by molar-refractivity contribution is -0.116. The highest BCUT2D eigenvalue weighted by Crippen LogP contribution is 2.22. The molecule has 0 saturated carbocycles. The number of anilines is 2. The number of hydrogen-bond acceptors (Lipinski definition) is 5. The molecule has 0 radical (unpaired) electrons. The van der Waals surface area contributed by atoms with Crippen molar-refractivity contribution in [2.45, 2.75) is 38.4 Å². The Balaban J connectivity index is 1.63. The quantitative estimate of drug-likeness (QED) is 0.316. The zero-order chi connectivity index (χ0) is 23.8. The maximum absolute atomic E-state index is 12.5. The van der Waals surface area contributed by atoms with Crippen molar-refractivity contribution >= 4 is 46.6 Å². The predicted molar refractivity (Wildman–Crippen MR) is 134 cm³/mol. The van der Waals surface area contributed by atoms with E-state index in [1.807, 2.05) is 44.2 Å². The first-order valence-corrected chi connectivity index (χ1v) is 11.9. The largest absolute Gasteiger partial charge is 0.326 e. The highest BCUT2D eigenvalue weighted by atomic mass is 35.5. The number of nitrogens with zero attached hydrogens (tertiary/aromatic N) is 3. The van der Waals surface area contributed by atoms with E-state index in [0.29, 0.717) is 28.2 Å². The minimum absolute atomic E-state index is 0.0307. The summed E-state index contributed by atoms with van der Waals surface area (Å²) < 4.78 is 1.78. The molecular formula is C24H26ClN5O2S. The summed E-state index contributed by atoms with van der Waals surface area (Å²) >= 11 is 7.39. The topological polar surface area (TPSA) is 88.9 Å². The molecule has 7 nitrogen and oxygen atoms in total. The minimum Gasteiger partial charge on any atom is -0.326 e. The van der Waals surface area contributed by atoms with Crippen LogP contribution in [0.5, 0.6) is 0 Å². The van der Waals surface area contributed by atoms with Gasteiger partial charge in [-0.25, -0.2) is 0 Å². The fraction of sp³-hybridized carbons (Fsp3) is 0.250. The van der Waals surface area contributed by atoms with Gasteiger partial charge in [0.2, 0.25) is 11.8 Å². The van der Waals surface area contributed by atoms with Crippen LogP contribution in [0.25, 0.3) is 0 Å². The van der Waals surface area contributed by atoms with Crippen molar-refractivity contribution in [3.8, 4) is 0 Å². The van der Waals surface area contributed by atoms with E-state index in [1.54, 1.807) is 22.8 Å². The number of aryl methyl sites for hydroxylation is 2. The molecule has 1 heterocycles. The first-order chi connectivity index (χ1) is 15.9. The van der Waals surface area contributed by atoms with Gasteiger partial charge in [-0.2, -0.15) is 0 Å². The van der Waals surface area contributed by atoms with Crippen LogP contribution >= 0.6 is 23.4 Å². The Kier molecular flexibility index (Phi) is 8.68. The highest BCUT2D eigenvalue weighted by molar-refractivity contribution is 7.99. The van der Waals surface area contributed by atoms with E-state index in [2.05, 4.69) is 27.4 Å². The van der Waals surface area contributed by atoms with Crippen molar-refractivity contribution in [3.63, 3.8) is 0 Å². The number of halogens is 1. The number of aromatic nitrogens is 3. The van der Waals surface area contributed by atoms with E-state index in [4.69, 9.17) is 11.6 Å². The van der Waals surface area contributed by atoms with Crippen LogP contribution in [0.3, 0.4) is 0 Å². The number of hydrogen-bond donors (Lipinski definition) is 2. The van der Waals surface area contributed by atoms with E-state index in [9.17, 15) is 9.59 Å². The molecule has 0 unspecified atom stereocenters. The number of benzene rings is 2. The van der Waals surface area contributed by atoms with Gasteiger partial charge in [0.05, 0.1) is 12.2 Å². The summed E-state index contributed by atoms with van der Waals surface area (Å²) in [6.07, 6.45) is 2.56. The van der Waals surface area contributed by atoms with Crippen molar-refractivity contribution < 1.29 is 9.59 Å². The van der Waals surface area contributed by atoms with Crippen LogP contribution in [0.1, 0.15) is 23.9 Å². The summed E-state index contributed by atoms with van der Waals surface area (Å²) in [5.41, 5.74) is 3.44. The van der Waals surface area contributed by atoms with Crippen molar-refractivity contribution in [2.24, 2.45) is 0 Å². The molecule has 0 aliphatic rings. The van der Waals surface area contributed by atoms with Gasteiger partial charge in [0.25, 0.3) is 0 Å². The van der Waals surface area contributed by atoms with Gasteiger partial charge in [0.1, 0.15) is 5.82 Å². The van der Waals surface area contributed by atoms with Gasteiger partial charge in [-0.3, -0.25) is 9.59 Å². The third kappa shape index (κ3) is 6.69. The average Bonchev–Trinajstić information content (AvgIpc) is 3.16. The third-order valence-electron chi connectivity index (χ3n) is 4.88. The van der Waals surface area contributed by atoms with Gasteiger partial charge >= 0.3 is 0 Å². The van der Waals surface area contributed by atoms with Gasteiger partial charge in [-0.05, 0) is 42.7 Å². The fourth-order valence-electron chi connectivity index (χ4n) is 3.16. The summed E-state index contributed by atoms with van der Waals surface area (Å²) in [5, 5.41) is 15.2. The number of thioether (sulfide) groups is 1. The van der Waals surface area contributed by atoms with Crippen molar-refractivity contribution in [1.29, 1.82) is 0 Å². The van der Waals surface area contributed by atoms with E-state index in [0.717, 1.165) is 23.2 Å². The Labute approximate surface area is 202 Å². The van der Waals surface area contributed by atoms with Gasteiger partial charge in [0, 0.05) is 22.9 Å². The fourth-order valence-corrected chi connectivity index (χ4v) is 4.10. The molecule has 0 atom stereocenters. The van der Waals surface area contributed by atoms with E-state index in [-0.39, 0.29) is 24.0 Å². The Morgan fingerprint density at radius 2 is 1.94 bits per heavy atom. The molecule has 33 heavy (non-hydrogen) atoms. The first kappa shape index (κ1) is 24.5. The molecule has 172 valence electrons. The molecule has 9 heteroatoms. The van der Waals surface area contributed by atoms with Crippen molar-refractivity contribution in [1.82, 2.24) is 14.8 Å². The van der Waals surface area contributed by atoms with Gasteiger partial charge in [-0.15, -0.1) is 16.8 Å². The molecule has 0 aliphatic carbocycles. The number of carbonyl (C=O) groups is 2. The van der Waals surface area contributed by atoms with Gasteiger partial charge in [0.15, 0.2) is 5.16 Å². The lowest BCUT2D eigenvalue weighted by Gasteiger charge is -2.10. The van der Waals surface area contributed by atoms with Crippen LogP contribution in [-0.4, -0.2) is 32.3 Å². The molecule has 3 rings (SSSR count). The molecule has 0 saturated heterocycles. The standard InChI is InChI=1S/C24H26ClN5O2S/c1-4-12-30-21(14-22(31)26-18-11-10-16(3)19(25)13-18)28-29-24(30)33-15-23(32)27-20-9-7-6-8-17(20)5-2/h4,6-11,13H,1,5,12,14-15H2,2-3H3,(H,26,31)(H,27,32). The second-order valence-corrected chi connectivity index (χ2v) is 8.68. The summed E-state index contributed by atoms with van der Waals surface area (Å²) in [6.45, 7) is 8.14. The van der Waals surface area contributed by atoms with E-state index < -0.39 is 0 Å². The zero-order valence-electron chi connectivity index (χ0n) is 18.6. The maximum Gasteiger partial charge on any atom is 0.234 e. The summed E-state index contributed by atoms with van der Waals surface area (Å²) in [7, 11) is 0. The number of rotatable bonds is 10. The van der Waals surface area contributed by atoms with Gasteiger partial charge in [-0.1, -0.05) is 60.6 Å². The lowest BCUT2D eigenvalue weighted by Crippen LogP contribution is -2.18. The second-order valence-electron chi connectivity index (χ2n) is 7.33. The molecular weight excluding hydrogens is 458 g/mol. The van der Waals surface area contributed by atoms with Crippen LogP contribution < -0.4 is 10.6 Å². The Hall–Kier alpha value is -3.10. The minimum atomic E-state index is -0.238. The zero-order valence-corrected chi connectivity index (χ0v) is 20.2. The van der Waals surface area contributed by atoms with Crippen LogP contribution in [0.4, 0.5) is 11.4 Å². The molecule has 0 spiro atoms. The predicted octanol–water partition coefficient (Wildman–Crippen LogP) is 4.90. The monoisotopic (exact) mass is 483 g/mol. The Bertz CT molecular complexity index is 1160. The molecule has 2 amide bonds.